The van der Waals surface area contributed by atoms with Crippen LogP contribution < -0.4 is 5.56 Å². The third-order valence-corrected chi connectivity index (χ3v) is 7.42. The molecule has 1 atom stereocenters. The molecule has 12 nitrogen and oxygen atoms in total. The number of carboxylic acid groups (broad SMARTS) is 1. The topological polar surface area (TPSA) is 160 Å². The number of aromatic nitrogens is 9. The number of H-pyrrole nitrogens is 2. The quantitative estimate of drug-likeness (QED) is 0.245. The van der Waals surface area contributed by atoms with Crippen molar-refractivity contribution in [1.82, 2.24) is 44.9 Å². The Bertz CT molecular complexity index is 1980. The molecule has 0 saturated heterocycles. The third-order valence-electron chi connectivity index (χ3n) is 7.18. The molecule has 0 fully saturated rings. The first-order valence-corrected chi connectivity index (χ1v) is 12.9. The van der Waals surface area contributed by atoms with Gasteiger partial charge in [-0.3, -0.25) is 14.7 Å². The highest BCUT2D eigenvalue weighted by atomic mass is 35.5. The van der Waals surface area contributed by atoms with Crippen LogP contribution in [0.15, 0.2) is 65.8 Å². The minimum atomic E-state index is -0.946. The molecule has 0 unspecified atom stereocenters. The highest BCUT2D eigenvalue weighted by molar-refractivity contribution is 6.31. The van der Waals surface area contributed by atoms with E-state index in [1.54, 1.807) is 29.0 Å². The Kier molecular flexibility index (Phi) is 7.87. The number of pyridine rings is 1. The number of nitrogens with zero attached hydrogens (tertiary/aromatic N) is 7. The Hall–Kier alpha value is -4.52. The summed E-state index contributed by atoms with van der Waals surface area (Å²) in [7, 11) is 0. The minimum Gasteiger partial charge on any atom is -0.481 e. The molecule has 4 aromatic heterocycles. The molecule has 214 valence electrons. The maximum absolute atomic E-state index is 13.5. The lowest BCUT2D eigenvalue weighted by Gasteiger charge is -2.15. The van der Waals surface area contributed by atoms with Gasteiger partial charge in [-0.15, -0.1) is 29.9 Å². The predicted octanol–water partition coefficient (Wildman–Crippen LogP) is 4.42. The molecule has 5 heterocycles. The molecule has 15 heteroatoms. The fraction of sp³-hybridized carbons (Fsp3) is 0.148. The molecular weight excluding hydrogens is 605 g/mol. The van der Waals surface area contributed by atoms with Crippen molar-refractivity contribution in [2.45, 2.75) is 25.3 Å². The molecule has 0 radical (unpaired) electrons. The van der Waals surface area contributed by atoms with Gasteiger partial charge in [0.1, 0.15) is 12.2 Å². The van der Waals surface area contributed by atoms with Crippen molar-refractivity contribution in [1.29, 1.82) is 0 Å². The molecule has 0 spiro atoms. The summed E-state index contributed by atoms with van der Waals surface area (Å²) < 4.78 is 3.31. The number of aryl methyl sites for hydroxylation is 1. The monoisotopic (exact) mass is 625 g/mol. The van der Waals surface area contributed by atoms with Crippen molar-refractivity contribution in [3.63, 3.8) is 0 Å². The lowest BCUT2D eigenvalue weighted by molar-refractivity contribution is -0.136. The van der Waals surface area contributed by atoms with Crippen LogP contribution in [0.3, 0.4) is 0 Å². The number of aromatic amines is 2. The maximum atomic E-state index is 13.5. The predicted molar refractivity (Wildman–Crippen MR) is 160 cm³/mol. The van der Waals surface area contributed by atoms with Gasteiger partial charge in [-0.25, -0.2) is 4.98 Å². The number of aliphatic carboxylic acids is 1. The zero-order valence-electron chi connectivity index (χ0n) is 21.6. The van der Waals surface area contributed by atoms with Crippen LogP contribution >= 0.6 is 36.4 Å². The van der Waals surface area contributed by atoms with Gasteiger partial charge in [0.05, 0.1) is 41.3 Å². The number of carboxylic acids is 1. The number of hydrogen-bond acceptors (Lipinski definition) is 7. The molecule has 1 aliphatic heterocycles. The molecule has 3 N–H and O–H groups in total. The second-order valence-electron chi connectivity index (χ2n) is 9.60. The summed E-state index contributed by atoms with van der Waals surface area (Å²) in [6.45, 7) is 0. The van der Waals surface area contributed by atoms with Gasteiger partial charge in [-0.05, 0) is 65.2 Å². The Morgan fingerprint density at radius 1 is 1.10 bits per heavy atom. The van der Waals surface area contributed by atoms with Gasteiger partial charge in [-0.2, -0.15) is 9.78 Å². The van der Waals surface area contributed by atoms with E-state index < -0.39 is 5.97 Å². The normalized spacial score (nSPS) is 13.9. The van der Waals surface area contributed by atoms with Crippen molar-refractivity contribution in [2.24, 2.45) is 0 Å². The van der Waals surface area contributed by atoms with Gasteiger partial charge in [-0.1, -0.05) is 17.7 Å². The first-order chi connectivity index (χ1) is 19.4. The SMILES string of the molecule is Cl.Cl.O=C(O)Cc1n[nH]c2ccc(-c3cnc([C@@H]4CCc5cc(-c6cc(Cl)ccc6-n6cnnn6)cc(=O)n54)[nH]3)cc12. The third kappa shape index (κ3) is 5.04. The Labute approximate surface area is 254 Å². The molecule has 1 aliphatic rings. The molecule has 42 heavy (non-hydrogen) atoms. The van der Waals surface area contributed by atoms with Crippen LogP contribution in [-0.4, -0.2) is 56.0 Å². The van der Waals surface area contributed by atoms with E-state index in [1.165, 1.54) is 11.0 Å². The summed E-state index contributed by atoms with van der Waals surface area (Å²) in [5.41, 5.74) is 5.79. The summed E-state index contributed by atoms with van der Waals surface area (Å²) in [4.78, 5) is 32.7. The number of hydrogen-bond donors (Lipinski definition) is 3. The standard InChI is InChI=1S/C27H20ClN9O3.2ClH/c28-16-2-5-23(36-13-30-34-35-36)18(10-16)15-7-17-3-6-24(37(17)25(38)9-15)27-29-12-22(31-27)14-1-4-20-19(8-14)21(33-32-20)11-26(39)40;;/h1-2,4-5,7-10,12-13,24H,3,6,11H2,(H,29,31)(H,32,33)(H,39,40);2*1H/t24-;;/m0../s1. The van der Waals surface area contributed by atoms with Crippen LogP contribution in [0.25, 0.3) is 39.0 Å². The Balaban J connectivity index is 0.00000176. The highest BCUT2D eigenvalue weighted by Crippen LogP contribution is 2.34. The van der Waals surface area contributed by atoms with Gasteiger partial charge >= 0.3 is 5.97 Å². The zero-order valence-corrected chi connectivity index (χ0v) is 23.9. The van der Waals surface area contributed by atoms with Crippen molar-refractivity contribution >= 4 is 53.3 Å². The summed E-state index contributed by atoms with van der Waals surface area (Å²) in [6.07, 6.45) is 4.46. The summed E-state index contributed by atoms with van der Waals surface area (Å²) in [6, 6.07) is 14.4. The summed E-state index contributed by atoms with van der Waals surface area (Å²) in [5.74, 6) is -0.267. The van der Waals surface area contributed by atoms with E-state index in [0.717, 1.165) is 39.0 Å². The number of nitrogens with one attached hydrogen (secondary N) is 2. The van der Waals surface area contributed by atoms with Crippen molar-refractivity contribution in [3.8, 4) is 28.1 Å². The maximum Gasteiger partial charge on any atom is 0.309 e. The van der Waals surface area contributed by atoms with E-state index in [1.807, 2.05) is 30.3 Å². The summed E-state index contributed by atoms with van der Waals surface area (Å²) in [5, 5.41) is 28.9. The fourth-order valence-corrected chi connectivity index (χ4v) is 5.56. The van der Waals surface area contributed by atoms with Crippen LogP contribution in [0.4, 0.5) is 0 Å². The van der Waals surface area contributed by atoms with Crippen LogP contribution in [-0.2, 0) is 17.6 Å². The van der Waals surface area contributed by atoms with E-state index >= 15 is 0 Å². The molecule has 7 rings (SSSR count). The largest absolute Gasteiger partial charge is 0.481 e. The van der Waals surface area contributed by atoms with Crippen LogP contribution in [0, 0.1) is 0 Å². The lowest BCUT2D eigenvalue weighted by atomic mass is 10.0. The van der Waals surface area contributed by atoms with Crippen LogP contribution in [0.2, 0.25) is 5.02 Å². The summed E-state index contributed by atoms with van der Waals surface area (Å²) >= 11 is 6.31. The zero-order chi connectivity index (χ0) is 27.4. The molecule has 0 aliphatic carbocycles. The number of benzene rings is 2. The van der Waals surface area contributed by atoms with Crippen molar-refractivity contribution in [2.75, 3.05) is 0 Å². The minimum absolute atomic E-state index is 0. The molecule has 0 bridgehead atoms. The van der Waals surface area contributed by atoms with Crippen molar-refractivity contribution < 1.29 is 9.90 Å². The van der Waals surface area contributed by atoms with E-state index in [2.05, 4.69) is 35.7 Å². The smallest absolute Gasteiger partial charge is 0.309 e. The van der Waals surface area contributed by atoms with E-state index in [0.29, 0.717) is 35.1 Å². The fourth-order valence-electron chi connectivity index (χ4n) is 5.39. The van der Waals surface area contributed by atoms with Crippen LogP contribution in [0.1, 0.15) is 29.7 Å². The van der Waals surface area contributed by atoms with Gasteiger partial charge in [0.2, 0.25) is 0 Å². The van der Waals surface area contributed by atoms with Crippen molar-refractivity contribution in [3.05, 3.63) is 93.6 Å². The van der Waals surface area contributed by atoms with E-state index in [9.17, 15) is 14.7 Å². The van der Waals surface area contributed by atoms with Gasteiger partial charge in [0.25, 0.3) is 5.56 Å². The first-order valence-electron chi connectivity index (χ1n) is 12.5. The Morgan fingerprint density at radius 3 is 2.74 bits per heavy atom. The molecular formula is C27H22Cl3N9O3. The first kappa shape index (κ1) is 29.0. The van der Waals surface area contributed by atoms with E-state index in [4.69, 9.17) is 11.6 Å². The van der Waals surface area contributed by atoms with Crippen LogP contribution in [0.5, 0.6) is 0 Å². The number of imidazole rings is 1. The van der Waals surface area contributed by atoms with E-state index in [-0.39, 0.29) is 42.8 Å². The number of carbonyl (C=O) groups is 1. The number of tetrazole rings is 1. The average molecular weight is 627 g/mol. The number of halogens is 3. The second-order valence-corrected chi connectivity index (χ2v) is 10.0. The number of rotatable bonds is 6. The second kappa shape index (κ2) is 11.4. The molecule has 0 amide bonds. The van der Waals surface area contributed by atoms with Gasteiger partial charge in [0, 0.05) is 33.3 Å². The highest BCUT2D eigenvalue weighted by Gasteiger charge is 2.28. The molecule has 6 aromatic rings. The number of fused-ring (bicyclic) bond motifs is 2. The van der Waals surface area contributed by atoms with Gasteiger partial charge in [0.15, 0.2) is 0 Å². The van der Waals surface area contributed by atoms with Gasteiger partial charge < -0.3 is 14.7 Å². The Morgan fingerprint density at radius 2 is 1.95 bits per heavy atom. The average Bonchev–Trinajstić information content (AvgIpc) is 3.75. The molecule has 2 aromatic carbocycles. The molecule has 0 saturated carbocycles. The lowest BCUT2D eigenvalue weighted by Crippen LogP contribution is -2.23.